The molecule has 3 aromatic heterocycles. The van der Waals surface area contributed by atoms with Crippen LogP contribution in [-0.2, 0) is 6.54 Å². The number of rotatable bonds is 3. The van der Waals surface area contributed by atoms with Crippen molar-refractivity contribution in [2.75, 3.05) is 0 Å². The Labute approximate surface area is 172 Å². The molecule has 1 aliphatic heterocycles. The fourth-order valence-electron chi connectivity index (χ4n) is 4.07. The number of nitrogens with zero attached hydrogens (tertiary/aromatic N) is 5. The van der Waals surface area contributed by atoms with Crippen LogP contribution in [0.25, 0.3) is 45.2 Å². The summed E-state index contributed by atoms with van der Waals surface area (Å²) in [7, 11) is 0. The highest BCUT2D eigenvalue weighted by Crippen LogP contribution is 2.40. The highest BCUT2D eigenvalue weighted by Gasteiger charge is 2.29. The molecule has 0 unspecified atom stereocenters. The summed E-state index contributed by atoms with van der Waals surface area (Å²) in [6, 6.07) is 20.5. The first-order chi connectivity index (χ1) is 14.8. The second-order valence-electron chi connectivity index (χ2n) is 7.38. The van der Waals surface area contributed by atoms with E-state index in [1.165, 1.54) is 5.56 Å². The van der Waals surface area contributed by atoms with Crippen molar-refractivity contribution in [3.05, 3.63) is 84.4 Å². The van der Waals surface area contributed by atoms with Gasteiger partial charge in [0, 0.05) is 29.1 Å². The van der Waals surface area contributed by atoms with E-state index >= 15 is 0 Å². The van der Waals surface area contributed by atoms with Gasteiger partial charge in [0.15, 0.2) is 11.6 Å². The monoisotopic (exact) mass is 391 g/mol. The summed E-state index contributed by atoms with van der Waals surface area (Å²) in [6.45, 7) is 2.64. The minimum absolute atomic E-state index is 0.721. The van der Waals surface area contributed by atoms with E-state index in [-0.39, 0.29) is 0 Å². The summed E-state index contributed by atoms with van der Waals surface area (Å²) < 4.78 is 7.69. The molecular formula is C24H17N5O. The molecule has 0 saturated heterocycles. The van der Waals surface area contributed by atoms with Crippen molar-refractivity contribution in [2.45, 2.75) is 13.5 Å². The van der Waals surface area contributed by atoms with Gasteiger partial charge in [0.1, 0.15) is 11.5 Å². The Kier molecular flexibility index (Phi) is 3.64. The number of pyridine rings is 1. The van der Waals surface area contributed by atoms with Crippen LogP contribution in [0.5, 0.6) is 0 Å². The smallest absolute Gasteiger partial charge is 0.170 e. The van der Waals surface area contributed by atoms with Crippen LogP contribution < -0.4 is 0 Å². The third kappa shape index (κ3) is 2.50. The number of aromatic nitrogens is 5. The van der Waals surface area contributed by atoms with Crippen LogP contribution in [0.3, 0.4) is 0 Å². The molecule has 144 valence electrons. The molecular weight excluding hydrogens is 374 g/mol. The van der Waals surface area contributed by atoms with E-state index in [0.29, 0.717) is 0 Å². The van der Waals surface area contributed by atoms with E-state index in [9.17, 15) is 0 Å². The molecule has 0 radical (unpaired) electrons. The Morgan fingerprint density at radius 1 is 0.867 bits per heavy atom. The lowest BCUT2D eigenvalue weighted by molar-refractivity contribution is 0.400. The van der Waals surface area contributed by atoms with Gasteiger partial charge in [-0.3, -0.25) is 4.98 Å². The van der Waals surface area contributed by atoms with E-state index < -0.39 is 0 Å². The highest BCUT2D eigenvalue weighted by atomic mass is 16.5. The quantitative estimate of drug-likeness (QED) is 0.425. The van der Waals surface area contributed by atoms with Gasteiger partial charge in [-0.2, -0.15) is 0 Å². The number of benzene rings is 2. The van der Waals surface area contributed by atoms with Crippen molar-refractivity contribution >= 4 is 0 Å². The molecule has 2 aromatic carbocycles. The van der Waals surface area contributed by atoms with Gasteiger partial charge < -0.3 is 9.09 Å². The lowest BCUT2D eigenvalue weighted by Gasteiger charge is -2.05. The topological polar surface area (TPSA) is 69.6 Å². The lowest BCUT2D eigenvalue weighted by atomic mass is 10.0. The molecule has 4 heterocycles. The summed E-state index contributed by atoms with van der Waals surface area (Å²) in [5, 5.41) is 13.4. The van der Waals surface area contributed by atoms with Crippen LogP contribution in [0.2, 0.25) is 0 Å². The Balaban J connectivity index is 1.48. The molecule has 6 rings (SSSR count). The second kappa shape index (κ2) is 6.49. The third-order valence-corrected chi connectivity index (χ3v) is 5.56. The minimum Gasteiger partial charge on any atom is -0.360 e. The Bertz CT molecular complexity index is 1370. The Morgan fingerprint density at radius 2 is 1.70 bits per heavy atom. The average Bonchev–Trinajstić information content (AvgIpc) is 3.48. The standard InChI is InChI=1S/C24H17N5O/c1-15-21(22(28-30-15)16-6-3-2-4-7-16)24-27-26-23-20-12-17(18-8-5-11-25-13-18)9-10-19(20)14-29(23)24/h2-13H,14H2,1H3. The van der Waals surface area contributed by atoms with Crippen molar-refractivity contribution in [3.63, 3.8) is 0 Å². The van der Waals surface area contributed by atoms with Crippen LogP contribution in [0.15, 0.2) is 77.6 Å². The summed E-state index contributed by atoms with van der Waals surface area (Å²) in [5.41, 5.74) is 7.20. The van der Waals surface area contributed by atoms with Crippen LogP contribution in [0, 0.1) is 6.92 Å². The molecule has 5 aromatic rings. The first kappa shape index (κ1) is 16.9. The number of hydrogen-bond donors (Lipinski definition) is 0. The summed E-state index contributed by atoms with van der Waals surface area (Å²) in [5.74, 6) is 2.38. The summed E-state index contributed by atoms with van der Waals surface area (Å²) in [6.07, 6.45) is 3.66. The molecule has 0 N–H and O–H groups in total. The molecule has 6 nitrogen and oxygen atoms in total. The van der Waals surface area contributed by atoms with Gasteiger partial charge in [-0.1, -0.05) is 53.7 Å². The molecule has 0 aliphatic carbocycles. The molecule has 30 heavy (non-hydrogen) atoms. The predicted molar refractivity (Wildman–Crippen MR) is 113 cm³/mol. The Morgan fingerprint density at radius 3 is 2.53 bits per heavy atom. The van der Waals surface area contributed by atoms with Crippen molar-refractivity contribution in [2.24, 2.45) is 0 Å². The molecule has 0 amide bonds. The Hall–Kier alpha value is -4.06. The SMILES string of the molecule is Cc1onc(-c2ccccc2)c1-c1nnc2n1Cc1ccc(-c3cccnc3)cc1-2. The van der Waals surface area contributed by atoms with Crippen molar-refractivity contribution in [3.8, 4) is 45.2 Å². The fraction of sp³-hybridized carbons (Fsp3) is 0.0833. The van der Waals surface area contributed by atoms with Crippen molar-refractivity contribution < 1.29 is 4.52 Å². The molecule has 0 spiro atoms. The van der Waals surface area contributed by atoms with E-state index in [1.807, 2.05) is 49.5 Å². The predicted octanol–water partition coefficient (Wildman–Crippen LogP) is 5.00. The molecule has 0 bridgehead atoms. The highest BCUT2D eigenvalue weighted by molar-refractivity contribution is 5.81. The number of fused-ring (bicyclic) bond motifs is 3. The zero-order chi connectivity index (χ0) is 20.1. The van der Waals surface area contributed by atoms with Crippen LogP contribution >= 0.6 is 0 Å². The van der Waals surface area contributed by atoms with Gasteiger partial charge in [-0.15, -0.1) is 10.2 Å². The van der Waals surface area contributed by atoms with Crippen LogP contribution in [0.4, 0.5) is 0 Å². The summed E-state index contributed by atoms with van der Waals surface area (Å²) in [4.78, 5) is 4.23. The molecule has 6 heteroatoms. The van der Waals surface area contributed by atoms with Crippen molar-refractivity contribution in [1.82, 2.24) is 24.9 Å². The second-order valence-corrected chi connectivity index (χ2v) is 7.38. The maximum absolute atomic E-state index is 5.55. The average molecular weight is 391 g/mol. The van der Waals surface area contributed by atoms with Gasteiger partial charge in [0.25, 0.3) is 0 Å². The molecule has 0 fully saturated rings. The number of aryl methyl sites for hydroxylation is 1. The maximum Gasteiger partial charge on any atom is 0.170 e. The summed E-state index contributed by atoms with van der Waals surface area (Å²) >= 11 is 0. The van der Waals surface area contributed by atoms with Gasteiger partial charge in [-0.25, -0.2) is 0 Å². The maximum atomic E-state index is 5.55. The first-order valence-corrected chi connectivity index (χ1v) is 9.78. The van der Waals surface area contributed by atoms with Gasteiger partial charge in [0.2, 0.25) is 0 Å². The van der Waals surface area contributed by atoms with Crippen molar-refractivity contribution in [1.29, 1.82) is 0 Å². The number of hydrogen-bond acceptors (Lipinski definition) is 5. The van der Waals surface area contributed by atoms with Crippen LogP contribution in [0.1, 0.15) is 11.3 Å². The third-order valence-electron chi connectivity index (χ3n) is 5.56. The largest absolute Gasteiger partial charge is 0.360 e. The van der Waals surface area contributed by atoms with E-state index in [4.69, 9.17) is 4.52 Å². The first-order valence-electron chi connectivity index (χ1n) is 9.78. The van der Waals surface area contributed by atoms with E-state index in [0.717, 1.165) is 57.5 Å². The molecule has 0 saturated carbocycles. The normalized spacial score (nSPS) is 12.0. The molecule has 1 aliphatic rings. The van der Waals surface area contributed by atoms with Gasteiger partial charge >= 0.3 is 0 Å². The zero-order valence-corrected chi connectivity index (χ0v) is 16.3. The zero-order valence-electron chi connectivity index (χ0n) is 16.3. The minimum atomic E-state index is 0.721. The van der Waals surface area contributed by atoms with Gasteiger partial charge in [-0.05, 0) is 30.2 Å². The fourth-order valence-corrected chi connectivity index (χ4v) is 4.07. The van der Waals surface area contributed by atoms with Crippen LogP contribution in [-0.4, -0.2) is 24.9 Å². The lowest BCUT2D eigenvalue weighted by Crippen LogP contribution is -1.98. The van der Waals surface area contributed by atoms with Gasteiger partial charge in [0.05, 0.1) is 12.1 Å². The van der Waals surface area contributed by atoms with E-state index in [2.05, 4.69) is 49.2 Å². The van der Waals surface area contributed by atoms with E-state index in [1.54, 1.807) is 6.20 Å². The molecule has 0 atom stereocenters.